The van der Waals surface area contributed by atoms with Crippen LogP contribution in [0.25, 0.3) is 0 Å². The summed E-state index contributed by atoms with van der Waals surface area (Å²) in [6.07, 6.45) is 0. The van der Waals surface area contributed by atoms with E-state index >= 15 is 0 Å². The first-order valence-electron chi connectivity index (χ1n) is 5.70. The molecule has 6 heteroatoms. The van der Waals surface area contributed by atoms with E-state index in [1.54, 1.807) is 18.2 Å². The van der Waals surface area contributed by atoms with Gasteiger partial charge >= 0.3 is 5.97 Å². The maximum atomic E-state index is 12.5. The molecule has 0 fully saturated rings. The van der Waals surface area contributed by atoms with Crippen LogP contribution < -0.4 is 4.74 Å². The molecule has 0 unspecified atom stereocenters. The highest BCUT2D eigenvalue weighted by molar-refractivity contribution is 7.91. The zero-order chi connectivity index (χ0) is 14.8. The van der Waals surface area contributed by atoms with Crippen LogP contribution in [0.2, 0.25) is 5.02 Å². The number of hydrogen-bond donors (Lipinski definition) is 0. The molecule has 104 valence electrons. The van der Waals surface area contributed by atoms with Gasteiger partial charge in [-0.3, -0.25) is 4.79 Å². The fourth-order valence-electron chi connectivity index (χ4n) is 1.66. The number of esters is 1. The van der Waals surface area contributed by atoms with Gasteiger partial charge in [0.2, 0.25) is 9.84 Å². The maximum absolute atomic E-state index is 12.5. The third-order valence-corrected chi connectivity index (χ3v) is 4.84. The lowest BCUT2D eigenvalue weighted by Crippen LogP contribution is -2.06. The average Bonchev–Trinajstić information content (AvgIpc) is 2.41. The first-order chi connectivity index (χ1) is 9.43. The summed E-state index contributed by atoms with van der Waals surface area (Å²) in [5.41, 5.74) is 0. The Labute approximate surface area is 121 Å². The third-order valence-electron chi connectivity index (χ3n) is 2.52. The van der Waals surface area contributed by atoms with Crippen LogP contribution in [-0.2, 0) is 14.6 Å². The highest BCUT2D eigenvalue weighted by Gasteiger charge is 2.23. The molecule has 0 aromatic heterocycles. The minimum atomic E-state index is -3.75. The Kier molecular flexibility index (Phi) is 4.11. The van der Waals surface area contributed by atoms with Gasteiger partial charge in [-0.1, -0.05) is 35.9 Å². The molecule has 0 saturated heterocycles. The number of benzene rings is 2. The number of ether oxygens (including phenoxy) is 1. The smallest absolute Gasteiger partial charge is 0.308 e. The fourth-order valence-corrected chi connectivity index (χ4v) is 3.49. The molecule has 0 radical (unpaired) electrons. The molecule has 0 aliphatic rings. The van der Waals surface area contributed by atoms with E-state index in [0.29, 0.717) is 0 Å². The molecule has 0 aliphatic heterocycles. The Morgan fingerprint density at radius 1 is 1.05 bits per heavy atom. The molecule has 2 aromatic carbocycles. The molecule has 0 amide bonds. The van der Waals surface area contributed by atoms with Crippen molar-refractivity contribution in [1.29, 1.82) is 0 Å². The lowest BCUT2D eigenvalue weighted by Gasteiger charge is -2.10. The van der Waals surface area contributed by atoms with Crippen LogP contribution in [0.15, 0.2) is 58.3 Å². The molecule has 0 spiro atoms. The molecule has 4 nitrogen and oxygen atoms in total. The van der Waals surface area contributed by atoms with Crippen LogP contribution in [0.1, 0.15) is 6.92 Å². The quantitative estimate of drug-likeness (QED) is 0.645. The Hall–Kier alpha value is -1.85. The molecule has 0 N–H and O–H groups in total. The van der Waals surface area contributed by atoms with E-state index in [9.17, 15) is 13.2 Å². The predicted octanol–water partition coefficient (Wildman–Crippen LogP) is 3.10. The van der Waals surface area contributed by atoms with Gasteiger partial charge in [-0.2, -0.15) is 0 Å². The average molecular weight is 311 g/mol. The van der Waals surface area contributed by atoms with Gasteiger partial charge in [-0.15, -0.1) is 0 Å². The second-order valence-corrected chi connectivity index (χ2v) is 6.27. The molecule has 0 heterocycles. The number of rotatable bonds is 3. The van der Waals surface area contributed by atoms with Crippen molar-refractivity contribution in [1.82, 2.24) is 0 Å². The van der Waals surface area contributed by atoms with Gasteiger partial charge in [0.05, 0.1) is 9.79 Å². The molecule has 0 aliphatic carbocycles. The summed E-state index contributed by atoms with van der Waals surface area (Å²) in [4.78, 5) is 11.0. The van der Waals surface area contributed by atoms with Crippen molar-refractivity contribution in [3.63, 3.8) is 0 Å². The summed E-state index contributed by atoms with van der Waals surface area (Å²) in [6.45, 7) is 1.22. The molecule has 2 aromatic rings. The van der Waals surface area contributed by atoms with Gasteiger partial charge in [-0.05, 0) is 24.3 Å². The Morgan fingerprint density at radius 3 is 2.30 bits per heavy atom. The van der Waals surface area contributed by atoms with E-state index in [-0.39, 0.29) is 20.6 Å². The Morgan fingerprint density at radius 2 is 1.70 bits per heavy atom. The second-order valence-electron chi connectivity index (χ2n) is 3.98. The lowest BCUT2D eigenvalue weighted by molar-refractivity contribution is -0.131. The second kappa shape index (κ2) is 5.64. The summed E-state index contributed by atoms with van der Waals surface area (Å²) >= 11 is 6.03. The first kappa shape index (κ1) is 14.6. The monoisotopic (exact) mass is 310 g/mol. The van der Waals surface area contributed by atoms with Crippen LogP contribution in [-0.4, -0.2) is 14.4 Å². The summed E-state index contributed by atoms with van der Waals surface area (Å²) in [5.74, 6) is -0.544. The minimum Gasteiger partial charge on any atom is -0.425 e. The SMILES string of the molecule is CC(=O)Oc1cccc(S(=O)(=O)c2ccccc2)c1Cl. The zero-order valence-electron chi connectivity index (χ0n) is 10.5. The Balaban J connectivity index is 2.56. The summed E-state index contributed by atoms with van der Waals surface area (Å²) in [6, 6.07) is 12.2. The summed E-state index contributed by atoms with van der Waals surface area (Å²) in [5, 5.41) is -0.105. The fraction of sp³-hybridized carbons (Fsp3) is 0.0714. The Bertz CT molecular complexity index is 739. The molecule has 2 rings (SSSR count). The van der Waals surface area contributed by atoms with Crippen LogP contribution in [0, 0.1) is 0 Å². The number of sulfone groups is 1. The van der Waals surface area contributed by atoms with Crippen molar-refractivity contribution in [3.05, 3.63) is 53.6 Å². The summed E-state index contributed by atoms with van der Waals surface area (Å²) in [7, 11) is -3.75. The van der Waals surface area contributed by atoms with Crippen molar-refractivity contribution in [3.8, 4) is 5.75 Å². The van der Waals surface area contributed by atoms with Gasteiger partial charge in [0.15, 0.2) is 5.75 Å². The number of carbonyl (C=O) groups is 1. The normalized spacial score (nSPS) is 11.1. The van der Waals surface area contributed by atoms with Crippen molar-refractivity contribution < 1.29 is 17.9 Å². The van der Waals surface area contributed by atoms with E-state index < -0.39 is 15.8 Å². The van der Waals surface area contributed by atoms with Crippen LogP contribution in [0.4, 0.5) is 0 Å². The number of carbonyl (C=O) groups excluding carboxylic acids is 1. The predicted molar refractivity (Wildman–Crippen MR) is 74.7 cm³/mol. The van der Waals surface area contributed by atoms with Gasteiger partial charge in [0.25, 0.3) is 0 Å². The lowest BCUT2D eigenvalue weighted by atomic mass is 10.3. The topological polar surface area (TPSA) is 60.4 Å². The molecule has 0 bridgehead atoms. The van der Waals surface area contributed by atoms with E-state index in [4.69, 9.17) is 16.3 Å². The van der Waals surface area contributed by atoms with Crippen molar-refractivity contribution in [2.75, 3.05) is 0 Å². The van der Waals surface area contributed by atoms with Gasteiger partial charge in [0.1, 0.15) is 5.02 Å². The summed E-state index contributed by atoms with van der Waals surface area (Å²) < 4.78 is 29.8. The van der Waals surface area contributed by atoms with Crippen LogP contribution in [0.5, 0.6) is 5.75 Å². The molecule has 0 atom stereocenters. The molecule has 0 saturated carbocycles. The largest absolute Gasteiger partial charge is 0.425 e. The third kappa shape index (κ3) is 2.84. The van der Waals surface area contributed by atoms with Crippen LogP contribution in [0.3, 0.4) is 0 Å². The molecule has 20 heavy (non-hydrogen) atoms. The van der Waals surface area contributed by atoms with Gasteiger partial charge in [-0.25, -0.2) is 8.42 Å². The van der Waals surface area contributed by atoms with E-state index in [2.05, 4.69) is 0 Å². The molecular formula is C14H11ClO4S. The minimum absolute atomic E-state index is 0.0242. The van der Waals surface area contributed by atoms with Crippen molar-refractivity contribution in [2.24, 2.45) is 0 Å². The van der Waals surface area contributed by atoms with E-state index in [0.717, 1.165) is 0 Å². The molecular weight excluding hydrogens is 300 g/mol. The highest BCUT2D eigenvalue weighted by atomic mass is 35.5. The standard InChI is InChI=1S/C14H11ClO4S/c1-10(16)19-12-8-5-9-13(14(12)15)20(17,18)11-6-3-2-4-7-11/h2-9H,1H3. The highest BCUT2D eigenvalue weighted by Crippen LogP contribution is 2.34. The first-order valence-corrected chi connectivity index (χ1v) is 7.56. The van der Waals surface area contributed by atoms with Gasteiger partial charge < -0.3 is 4.74 Å². The van der Waals surface area contributed by atoms with Crippen molar-refractivity contribution >= 4 is 27.4 Å². The van der Waals surface area contributed by atoms with Gasteiger partial charge in [0, 0.05) is 6.92 Å². The van der Waals surface area contributed by atoms with E-state index in [1.165, 1.54) is 37.3 Å². The van der Waals surface area contributed by atoms with E-state index in [1.807, 2.05) is 0 Å². The zero-order valence-corrected chi connectivity index (χ0v) is 12.1. The van der Waals surface area contributed by atoms with Crippen LogP contribution >= 0.6 is 11.6 Å². The number of hydrogen-bond acceptors (Lipinski definition) is 4. The van der Waals surface area contributed by atoms with Crippen molar-refractivity contribution in [2.45, 2.75) is 16.7 Å². The number of halogens is 1. The maximum Gasteiger partial charge on any atom is 0.308 e.